The van der Waals surface area contributed by atoms with Gasteiger partial charge in [-0.3, -0.25) is 0 Å². The van der Waals surface area contributed by atoms with E-state index in [1.54, 1.807) is 0 Å². The second-order valence-corrected chi connectivity index (χ2v) is 11.5. The summed E-state index contributed by atoms with van der Waals surface area (Å²) in [7, 11) is 14.9. The third kappa shape index (κ3) is 1370. The fourth-order valence-electron chi connectivity index (χ4n) is 0. The minimum absolute atomic E-state index is 0. The Morgan fingerprint density at radius 1 is 1.00 bits per heavy atom. The van der Waals surface area contributed by atoms with Gasteiger partial charge in [-0.15, -0.1) is 0 Å². The monoisotopic (exact) mass is 480 g/mol. The molecule has 9 heteroatoms. The standard InChI is InChI=1S/2C2H4O2.3ClH.Ir.Zn/c2*1-2(3)4;;;;;/h2*1H3,(H,3,4);3*1H;;/q;;;;;+3;+2/p-5. The van der Waals surface area contributed by atoms with Crippen molar-refractivity contribution in [2.24, 2.45) is 0 Å². The zero-order valence-electron chi connectivity index (χ0n) is 6.81. The Hall–Kier alpha value is 1.08. The van der Waals surface area contributed by atoms with Crippen molar-refractivity contribution in [1.29, 1.82) is 0 Å². The number of hydrogen-bond donors (Lipinski definition) is 0. The second kappa shape index (κ2) is 18.8. The smallest absolute Gasteiger partial charge is 2.00 e. The van der Waals surface area contributed by atoms with Crippen molar-refractivity contribution in [3.63, 3.8) is 0 Å². The van der Waals surface area contributed by atoms with Crippen molar-refractivity contribution < 1.29 is 52.7 Å². The number of aliphatic carboxylic acids is 2. The fraction of sp³-hybridized carbons (Fsp3) is 0.500. The van der Waals surface area contributed by atoms with Crippen LogP contribution in [0.1, 0.15) is 13.8 Å². The number of carbonyl (C=O) groups is 2. The van der Waals surface area contributed by atoms with Gasteiger partial charge in [-0.05, 0) is 13.8 Å². The van der Waals surface area contributed by atoms with Crippen molar-refractivity contribution in [2.45, 2.75) is 13.8 Å². The van der Waals surface area contributed by atoms with E-state index in [1.807, 2.05) is 0 Å². The summed E-state index contributed by atoms with van der Waals surface area (Å²) in [5.74, 6) is -2.17. The molecule has 0 aromatic rings. The quantitative estimate of drug-likeness (QED) is 0.440. The SMILES string of the molecule is CC(=O)[O-].CC(=O)[O-].[Cl][Ir]([Cl])[Cl].[Zn+2]. The van der Waals surface area contributed by atoms with Gasteiger partial charge in [0.15, 0.2) is 0 Å². The molecule has 0 aliphatic heterocycles. The van der Waals surface area contributed by atoms with Crippen LogP contribution in [0.25, 0.3) is 0 Å². The first-order valence-electron chi connectivity index (χ1n) is 2.19. The Labute approximate surface area is 106 Å². The fourth-order valence-corrected chi connectivity index (χ4v) is 0. The van der Waals surface area contributed by atoms with E-state index in [9.17, 15) is 0 Å². The molecule has 0 aromatic carbocycles. The molecular weight excluding hydrogens is 476 g/mol. The number of carboxylic acids is 2. The molecule has 0 radical (unpaired) electrons. The van der Waals surface area contributed by atoms with Crippen LogP contribution in [0.15, 0.2) is 0 Å². The Morgan fingerprint density at radius 3 is 1.00 bits per heavy atom. The molecule has 0 amide bonds. The minimum atomic E-state index is -1.92. The van der Waals surface area contributed by atoms with Gasteiger partial charge in [0.25, 0.3) is 0 Å². The summed E-state index contributed by atoms with van der Waals surface area (Å²) in [4.78, 5) is 17.8. The summed E-state index contributed by atoms with van der Waals surface area (Å²) in [5, 5.41) is 17.8. The molecule has 0 spiro atoms. The van der Waals surface area contributed by atoms with Crippen LogP contribution in [0, 0.1) is 0 Å². The van der Waals surface area contributed by atoms with Gasteiger partial charge in [-0.2, -0.15) is 0 Å². The number of hydrogen-bond acceptors (Lipinski definition) is 4. The predicted molar refractivity (Wildman–Crippen MR) is 38.9 cm³/mol. The van der Waals surface area contributed by atoms with Crippen LogP contribution in [-0.2, 0) is 42.5 Å². The Morgan fingerprint density at radius 2 is 1.00 bits per heavy atom. The third-order valence-corrected chi connectivity index (χ3v) is 0. The summed E-state index contributed by atoms with van der Waals surface area (Å²) in [6.07, 6.45) is 0. The van der Waals surface area contributed by atoms with Crippen LogP contribution < -0.4 is 10.2 Å². The molecule has 0 saturated carbocycles. The van der Waals surface area contributed by atoms with E-state index >= 15 is 0 Å². The van der Waals surface area contributed by atoms with E-state index in [2.05, 4.69) is 0 Å². The van der Waals surface area contributed by atoms with Gasteiger partial charge in [-0.1, -0.05) is 0 Å². The van der Waals surface area contributed by atoms with Crippen molar-refractivity contribution in [1.82, 2.24) is 0 Å². The van der Waals surface area contributed by atoms with Gasteiger partial charge in [0, 0.05) is 11.9 Å². The van der Waals surface area contributed by atoms with Gasteiger partial charge in [0.2, 0.25) is 0 Å². The number of carbonyl (C=O) groups excluding carboxylic acids is 2. The maximum atomic E-state index is 8.89. The van der Waals surface area contributed by atoms with Crippen LogP contribution >= 0.6 is 28.8 Å². The second-order valence-electron chi connectivity index (χ2n) is 1.13. The van der Waals surface area contributed by atoms with Gasteiger partial charge in [0.05, 0.1) is 0 Å². The Balaban J connectivity index is -0.0000000450. The third-order valence-electron chi connectivity index (χ3n) is 0. The summed E-state index contributed by atoms with van der Waals surface area (Å²) in [6.45, 7) is 1.94. The zero-order chi connectivity index (χ0) is 10.7. The average molecular weight is 482 g/mol. The van der Waals surface area contributed by atoms with Gasteiger partial charge < -0.3 is 19.8 Å². The summed E-state index contributed by atoms with van der Waals surface area (Å²) in [6, 6.07) is 0. The molecule has 0 N–H and O–H groups in total. The number of rotatable bonds is 0. The Bertz CT molecular complexity index is 112. The van der Waals surface area contributed by atoms with E-state index in [4.69, 9.17) is 48.6 Å². The van der Waals surface area contributed by atoms with E-state index in [0.717, 1.165) is 13.8 Å². The summed E-state index contributed by atoms with van der Waals surface area (Å²) >= 11 is -1.92. The maximum absolute atomic E-state index is 8.89. The molecule has 4 nitrogen and oxygen atoms in total. The molecule has 13 heavy (non-hydrogen) atoms. The van der Waals surface area contributed by atoms with Crippen LogP contribution in [0.5, 0.6) is 0 Å². The molecule has 0 heterocycles. The van der Waals surface area contributed by atoms with Crippen molar-refractivity contribution in [3.05, 3.63) is 0 Å². The minimum Gasteiger partial charge on any atom is 2.00 e. The van der Waals surface area contributed by atoms with Crippen molar-refractivity contribution in [3.8, 4) is 0 Å². The van der Waals surface area contributed by atoms with Crippen LogP contribution in [-0.4, -0.2) is 11.9 Å². The van der Waals surface area contributed by atoms with E-state index in [-0.39, 0.29) is 19.5 Å². The summed E-state index contributed by atoms with van der Waals surface area (Å²) in [5.41, 5.74) is 0. The largest absolute Gasteiger partial charge is 2.00 e. The molecule has 0 unspecified atom stereocenters. The van der Waals surface area contributed by atoms with Gasteiger partial charge >= 0.3 is 61.7 Å². The van der Waals surface area contributed by atoms with Crippen LogP contribution in [0.2, 0.25) is 0 Å². The molecule has 0 aromatic heterocycles. The molecular formula is C4H6Cl3IrO4Zn. The topological polar surface area (TPSA) is 80.3 Å². The summed E-state index contributed by atoms with van der Waals surface area (Å²) < 4.78 is 0. The van der Waals surface area contributed by atoms with E-state index in [1.165, 1.54) is 0 Å². The molecule has 0 aliphatic rings. The Kier molecular flexibility index (Phi) is 34.3. The molecule has 0 aliphatic carbocycles. The number of halogens is 3. The number of carboxylic acid groups (broad SMARTS) is 2. The first-order valence-corrected chi connectivity index (χ1v) is 11.1. The average Bonchev–Trinajstić information content (AvgIpc) is 1.54. The van der Waals surface area contributed by atoms with Crippen LogP contribution in [0.4, 0.5) is 0 Å². The first kappa shape index (κ1) is 23.7. The maximum Gasteiger partial charge on any atom is 2.00 e. The van der Waals surface area contributed by atoms with Crippen molar-refractivity contribution >= 4 is 40.7 Å². The molecule has 0 bridgehead atoms. The molecule has 0 fully saturated rings. The predicted octanol–water partition coefficient (Wildman–Crippen LogP) is -0.424. The van der Waals surface area contributed by atoms with Gasteiger partial charge in [0.1, 0.15) is 0 Å². The first-order chi connectivity index (χ1) is 5.20. The normalized spacial score (nSPS) is 7.31. The van der Waals surface area contributed by atoms with Crippen LogP contribution in [0.3, 0.4) is 0 Å². The molecule has 0 atom stereocenters. The van der Waals surface area contributed by atoms with Gasteiger partial charge in [-0.25, -0.2) is 0 Å². The molecule has 0 saturated heterocycles. The van der Waals surface area contributed by atoms with Crippen molar-refractivity contribution in [2.75, 3.05) is 0 Å². The molecule has 78 valence electrons. The van der Waals surface area contributed by atoms with E-state index in [0.29, 0.717) is 0 Å². The zero-order valence-corrected chi connectivity index (χ0v) is 14.4. The van der Waals surface area contributed by atoms with E-state index < -0.39 is 25.4 Å². The molecule has 0 rings (SSSR count).